The van der Waals surface area contributed by atoms with Gasteiger partial charge in [-0.3, -0.25) is 14.9 Å². The maximum atomic E-state index is 12.4. The van der Waals surface area contributed by atoms with Gasteiger partial charge in [-0.15, -0.1) is 11.3 Å². The Morgan fingerprint density at radius 3 is 2.71 bits per heavy atom. The normalized spacial score (nSPS) is 10.1. The average molecular weight is 350 g/mol. The molecule has 0 aliphatic heterocycles. The maximum Gasteiger partial charge on any atom is 0.311 e. The molecule has 0 unspecified atom stereocenters. The topological polar surface area (TPSA) is 86.8 Å². The van der Waals surface area contributed by atoms with Crippen molar-refractivity contribution in [2.75, 3.05) is 26.1 Å². The van der Waals surface area contributed by atoms with E-state index >= 15 is 0 Å². The van der Waals surface area contributed by atoms with Crippen molar-refractivity contribution in [3.8, 4) is 11.5 Å². The molecule has 0 fully saturated rings. The number of para-hydroxylation sites is 1. The van der Waals surface area contributed by atoms with Crippen LogP contribution in [0, 0.1) is 0 Å². The molecule has 0 aliphatic carbocycles. The zero-order valence-electron chi connectivity index (χ0n) is 13.6. The monoisotopic (exact) mass is 350 g/mol. The maximum absolute atomic E-state index is 12.4. The third-order valence-electron chi connectivity index (χ3n) is 3.05. The minimum Gasteiger partial charge on any atom is -0.493 e. The molecule has 1 aromatic heterocycles. The number of carbonyl (C=O) groups excluding carboxylic acids is 2. The van der Waals surface area contributed by atoms with Crippen molar-refractivity contribution in [1.29, 1.82) is 0 Å². The van der Waals surface area contributed by atoms with Gasteiger partial charge in [0.05, 0.1) is 38.5 Å². The molecule has 1 aromatic carbocycles. The Morgan fingerprint density at radius 2 is 2.04 bits per heavy atom. The quantitative estimate of drug-likeness (QED) is 0.772. The van der Waals surface area contributed by atoms with Crippen LogP contribution in [0.4, 0.5) is 5.13 Å². The van der Waals surface area contributed by atoms with Gasteiger partial charge in [-0.05, 0) is 19.1 Å². The van der Waals surface area contributed by atoms with Crippen LogP contribution in [0.1, 0.15) is 23.0 Å². The number of esters is 1. The Labute approximate surface area is 143 Å². The first-order valence-corrected chi connectivity index (χ1v) is 8.09. The fraction of sp³-hybridized carbons (Fsp3) is 0.312. The van der Waals surface area contributed by atoms with E-state index in [2.05, 4.69) is 10.3 Å². The summed E-state index contributed by atoms with van der Waals surface area (Å²) in [6.45, 7) is 2.06. The number of aromatic nitrogens is 1. The molecule has 0 atom stereocenters. The lowest BCUT2D eigenvalue weighted by Crippen LogP contribution is -2.14. The standard InChI is InChI=1S/C16H18N2O5S/c1-4-23-13(19)8-10-9-24-16(17-10)18-15(20)11-6-5-7-12(21-2)14(11)22-3/h5-7,9H,4,8H2,1-3H3,(H,17,18,20). The summed E-state index contributed by atoms with van der Waals surface area (Å²) in [7, 11) is 2.97. The van der Waals surface area contributed by atoms with Crippen molar-refractivity contribution in [2.24, 2.45) is 0 Å². The van der Waals surface area contributed by atoms with Gasteiger partial charge in [0.2, 0.25) is 0 Å². The summed E-state index contributed by atoms with van der Waals surface area (Å²) < 4.78 is 15.3. The molecule has 0 saturated heterocycles. The summed E-state index contributed by atoms with van der Waals surface area (Å²) in [6, 6.07) is 5.03. The summed E-state index contributed by atoms with van der Waals surface area (Å²) in [4.78, 5) is 28.1. The van der Waals surface area contributed by atoms with Crippen LogP contribution in [0.2, 0.25) is 0 Å². The van der Waals surface area contributed by atoms with Gasteiger partial charge in [0.15, 0.2) is 16.6 Å². The second-order valence-electron chi connectivity index (χ2n) is 4.62. The number of methoxy groups -OCH3 is 2. The van der Waals surface area contributed by atoms with Crippen LogP contribution >= 0.6 is 11.3 Å². The Bertz CT molecular complexity index is 729. The van der Waals surface area contributed by atoms with Gasteiger partial charge in [0.25, 0.3) is 5.91 Å². The molecule has 24 heavy (non-hydrogen) atoms. The van der Waals surface area contributed by atoms with E-state index in [1.165, 1.54) is 25.6 Å². The van der Waals surface area contributed by atoms with E-state index in [1.54, 1.807) is 30.5 Å². The number of rotatable bonds is 7. The van der Waals surface area contributed by atoms with Crippen molar-refractivity contribution in [2.45, 2.75) is 13.3 Å². The Balaban J connectivity index is 2.11. The molecule has 2 aromatic rings. The van der Waals surface area contributed by atoms with Crippen LogP contribution in [0.5, 0.6) is 11.5 Å². The van der Waals surface area contributed by atoms with Crippen molar-refractivity contribution in [1.82, 2.24) is 4.98 Å². The molecule has 0 saturated carbocycles. The highest BCUT2D eigenvalue weighted by Gasteiger charge is 2.18. The average Bonchev–Trinajstić information content (AvgIpc) is 3.00. The predicted molar refractivity (Wildman–Crippen MR) is 90.0 cm³/mol. The highest BCUT2D eigenvalue weighted by molar-refractivity contribution is 7.14. The van der Waals surface area contributed by atoms with Gasteiger partial charge in [0.1, 0.15) is 0 Å². The van der Waals surface area contributed by atoms with Gasteiger partial charge in [0, 0.05) is 5.38 Å². The Kier molecular flexibility index (Phi) is 6.14. The molecule has 0 spiro atoms. The van der Waals surface area contributed by atoms with E-state index in [0.29, 0.717) is 34.5 Å². The third-order valence-corrected chi connectivity index (χ3v) is 3.86. The molecule has 8 heteroatoms. The van der Waals surface area contributed by atoms with Gasteiger partial charge < -0.3 is 14.2 Å². The summed E-state index contributed by atoms with van der Waals surface area (Å²) in [5, 5.41) is 4.79. The first kappa shape index (κ1) is 17.7. The van der Waals surface area contributed by atoms with Crippen LogP contribution in [0.25, 0.3) is 0 Å². The van der Waals surface area contributed by atoms with Crippen LogP contribution < -0.4 is 14.8 Å². The van der Waals surface area contributed by atoms with E-state index in [-0.39, 0.29) is 18.3 Å². The van der Waals surface area contributed by atoms with Crippen LogP contribution in [-0.2, 0) is 16.0 Å². The molecule has 0 bridgehead atoms. The van der Waals surface area contributed by atoms with Crippen LogP contribution in [0.3, 0.4) is 0 Å². The molecule has 128 valence electrons. The number of amides is 1. The lowest BCUT2D eigenvalue weighted by Gasteiger charge is -2.11. The predicted octanol–water partition coefficient (Wildman–Crippen LogP) is 2.52. The summed E-state index contributed by atoms with van der Waals surface area (Å²) in [5.41, 5.74) is 0.880. The molecule has 1 heterocycles. The van der Waals surface area contributed by atoms with E-state index in [4.69, 9.17) is 14.2 Å². The lowest BCUT2D eigenvalue weighted by molar-refractivity contribution is -0.142. The SMILES string of the molecule is CCOC(=O)Cc1csc(NC(=O)c2cccc(OC)c2OC)n1. The first-order valence-electron chi connectivity index (χ1n) is 7.21. The van der Waals surface area contributed by atoms with E-state index in [0.717, 1.165) is 0 Å². The molecule has 7 nitrogen and oxygen atoms in total. The van der Waals surface area contributed by atoms with Crippen molar-refractivity contribution in [3.63, 3.8) is 0 Å². The number of nitrogens with zero attached hydrogens (tertiary/aromatic N) is 1. The smallest absolute Gasteiger partial charge is 0.311 e. The van der Waals surface area contributed by atoms with E-state index in [1.807, 2.05) is 0 Å². The molecular formula is C16H18N2O5S. The van der Waals surface area contributed by atoms with Gasteiger partial charge in [-0.2, -0.15) is 0 Å². The zero-order valence-corrected chi connectivity index (χ0v) is 14.4. The summed E-state index contributed by atoms with van der Waals surface area (Å²) in [5.74, 6) is 0.0889. The molecule has 1 N–H and O–H groups in total. The fourth-order valence-corrected chi connectivity index (χ4v) is 2.74. The minimum absolute atomic E-state index is 0.0721. The number of hydrogen-bond donors (Lipinski definition) is 1. The Hall–Kier alpha value is -2.61. The minimum atomic E-state index is -0.372. The molecule has 0 aliphatic rings. The van der Waals surface area contributed by atoms with E-state index in [9.17, 15) is 9.59 Å². The number of thiazole rings is 1. The molecular weight excluding hydrogens is 332 g/mol. The lowest BCUT2D eigenvalue weighted by atomic mass is 10.1. The molecule has 0 radical (unpaired) electrons. The number of ether oxygens (including phenoxy) is 3. The fourth-order valence-electron chi connectivity index (χ4n) is 2.04. The number of carbonyl (C=O) groups is 2. The van der Waals surface area contributed by atoms with Crippen molar-refractivity contribution < 1.29 is 23.8 Å². The number of hydrogen-bond acceptors (Lipinski definition) is 7. The van der Waals surface area contributed by atoms with Crippen molar-refractivity contribution >= 4 is 28.3 Å². The van der Waals surface area contributed by atoms with Gasteiger partial charge in [-0.1, -0.05) is 6.07 Å². The van der Waals surface area contributed by atoms with Gasteiger partial charge in [-0.25, -0.2) is 4.98 Å². The largest absolute Gasteiger partial charge is 0.493 e. The third kappa shape index (κ3) is 4.23. The second kappa shape index (κ2) is 8.30. The number of anilines is 1. The van der Waals surface area contributed by atoms with Crippen LogP contribution in [-0.4, -0.2) is 37.7 Å². The van der Waals surface area contributed by atoms with Crippen molar-refractivity contribution in [3.05, 3.63) is 34.8 Å². The summed E-state index contributed by atoms with van der Waals surface area (Å²) >= 11 is 1.23. The molecule has 2 rings (SSSR count). The van der Waals surface area contributed by atoms with Crippen LogP contribution in [0.15, 0.2) is 23.6 Å². The Morgan fingerprint density at radius 1 is 1.25 bits per heavy atom. The van der Waals surface area contributed by atoms with Gasteiger partial charge >= 0.3 is 5.97 Å². The second-order valence-corrected chi connectivity index (χ2v) is 5.48. The van der Waals surface area contributed by atoms with E-state index < -0.39 is 0 Å². The molecule has 1 amide bonds. The summed E-state index contributed by atoms with van der Waals surface area (Å²) in [6.07, 6.45) is 0.0721. The highest BCUT2D eigenvalue weighted by atomic mass is 32.1. The number of nitrogens with one attached hydrogen (secondary N) is 1. The highest BCUT2D eigenvalue weighted by Crippen LogP contribution is 2.31. The number of benzene rings is 1. The first-order chi connectivity index (χ1) is 11.6. The zero-order chi connectivity index (χ0) is 17.5.